The van der Waals surface area contributed by atoms with Crippen LogP contribution in [0, 0.1) is 11.3 Å². The highest BCUT2D eigenvalue weighted by molar-refractivity contribution is 6.31. The van der Waals surface area contributed by atoms with Crippen molar-refractivity contribution < 1.29 is 4.79 Å². The van der Waals surface area contributed by atoms with Crippen LogP contribution in [0.2, 0.25) is 5.02 Å². The molecule has 0 aliphatic heterocycles. The van der Waals surface area contributed by atoms with Gasteiger partial charge in [0, 0.05) is 11.6 Å². The summed E-state index contributed by atoms with van der Waals surface area (Å²) >= 11 is 6.04. The smallest absolute Gasteiger partial charge is 0.248 e. The van der Waals surface area contributed by atoms with Gasteiger partial charge in [-0.1, -0.05) is 43.0 Å². The Balaban J connectivity index is 1.49. The molecule has 0 saturated heterocycles. The van der Waals surface area contributed by atoms with E-state index >= 15 is 0 Å². The number of benzene rings is 1. The number of nitriles is 1. The van der Waals surface area contributed by atoms with E-state index in [-0.39, 0.29) is 5.69 Å². The molecule has 1 amide bonds. The number of pyridine rings is 1. The average Bonchev–Trinajstić information content (AvgIpc) is 3.32. The van der Waals surface area contributed by atoms with Crippen molar-refractivity contribution in [3.63, 3.8) is 0 Å². The molecule has 1 saturated carbocycles. The van der Waals surface area contributed by atoms with Crippen molar-refractivity contribution in [3.8, 4) is 11.9 Å². The standard InChI is InChI=1S/C24H27ClN8O/c25-20-11-12-22(28-21(20)15-26)33-23(29-30-31-33)16-32(19-9-2-1-3-10-19)13-5-7-17-6-4-8-18(14-17)24(27)34/h4,6,8,11-12,14,19H,1-3,5,7,9-10,13,16H2,(H2,27,34). The van der Waals surface area contributed by atoms with E-state index in [2.05, 4.69) is 25.4 Å². The van der Waals surface area contributed by atoms with Crippen LogP contribution in [-0.2, 0) is 13.0 Å². The van der Waals surface area contributed by atoms with Crippen LogP contribution < -0.4 is 5.73 Å². The molecule has 2 heterocycles. The van der Waals surface area contributed by atoms with Gasteiger partial charge in [-0.05, 0) is 72.5 Å². The van der Waals surface area contributed by atoms with E-state index in [1.54, 1.807) is 22.9 Å². The lowest BCUT2D eigenvalue weighted by atomic mass is 9.94. The van der Waals surface area contributed by atoms with E-state index in [1.807, 2.05) is 24.3 Å². The van der Waals surface area contributed by atoms with Crippen molar-refractivity contribution >= 4 is 17.5 Å². The largest absolute Gasteiger partial charge is 0.366 e. The van der Waals surface area contributed by atoms with Gasteiger partial charge in [0.15, 0.2) is 17.3 Å². The Morgan fingerprint density at radius 1 is 1.24 bits per heavy atom. The Hall–Kier alpha value is -3.35. The summed E-state index contributed by atoms with van der Waals surface area (Å²) in [6.07, 6.45) is 7.78. The van der Waals surface area contributed by atoms with Gasteiger partial charge >= 0.3 is 0 Å². The van der Waals surface area contributed by atoms with Gasteiger partial charge in [-0.15, -0.1) is 5.10 Å². The number of aryl methyl sites for hydroxylation is 1. The molecule has 176 valence electrons. The summed E-state index contributed by atoms with van der Waals surface area (Å²) in [5, 5.41) is 21.8. The van der Waals surface area contributed by atoms with E-state index in [1.165, 1.54) is 19.3 Å². The molecular weight excluding hydrogens is 452 g/mol. The first-order chi connectivity index (χ1) is 16.5. The van der Waals surface area contributed by atoms with Crippen LogP contribution in [0.25, 0.3) is 5.82 Å². The van der Waals surface area contributed by atoms with Crippen LogP contribution in [0.15, 0.2) is 36.4 Å². The van der Waals surface area contributed by atoms with Crippen LogP contribution >= 0.6 is 11.6 Å². The molecule has 1 aliphatic rings. The Labute approximate surface area is 203 Å². The number of rotatable bonds is 9. The number of amides is 1. The second-order valence-electron chi connectivity index (χ2n) is 8.55. The van der Waals surface area contributed by atoms with Crippen LogP contribution in [0.5, 0.6) is 0 Å². The predicted octanol–water partition coefficient (Wildman–Crippen LogP) is 3.45. The van der Waals surface area contributed by atoms with Crippen molar-refractivity contribution in [2.45, 2.75) is 57.5 Å². The Bertz CT molecular complexity index is 1180. The van der Waals surface area contributed by atoms with Crippen LogP contribution in [0.1, 0.15) is 66.0 Å². The van der Waals surface area contributed by atoms with Gasteiger partial charge in [0.25, 0.3) is 0 Å². The highest BCUT2D eigenvalue weighted by Gasteiger charge is 2.24. The zero-order chi connectivity index (χ0) is 23.9. The van der Waals surface area contributed by atoms with Gasteiger partial charge in [0.05, 0.1) is 11.6 Å². The topological polar surface area (TPSA) is 127 Å². The lowest BCUT2D eigenvalue weighted by molar-refractivity contribution is 0.1000. The summed E-state index contributed by atoms with van der Waals surface area (Å²) in [6, 6.07) is 13.3. The van der Waals surface area contributed by atoms with Crippen molar-refractivity contribution in [2.75, 3.05) is 6.54 Å². The fourth-order valence-electron chi connectivity index (χ4n) is 4.50. The number of hydrogen-bond donors (Lipinski definition) is 1. The van der Waals surface area contributed by atoms with Crippen LogP contribution in [-0.4, -0.2) is 48.6 Å². The lowest BCUT2D eigenvalue weighted by Gasteiger charge is -2.34. The summed E-state index contributed by atoms with van der Waals surface area (Å²) in [5.41, 5.74) is 7.20. The second-order valence-corrected chi connectivity index (χ2v) is 8.96. The number of carbonyl (C=O) groups is 1. The number of halogens is 1. The normalized spacial score (nSPS) is 14.3. The molecule has 2 aromatic heterocycles. The quantitative estimate of drug-likeness (QED) is 0.499. The molecule has 3 aromatic rings. The first kappa shape index (κ1) is 23.8. The number of nitrogens with zero attached hydrogens (tertiary/aromatic N) is 7. The van der Waals surface area contributed by atoms with E-state index < -0.39 is 5.91 Å². The Morgan fingerprint density at radius 3 is 2.82 bits per heavy atom. The summed E-state index contributed by atoms with van der Waals surface area (Å²) in [6.45, 7) is 1.45. The molecule has 1 fully saturated rings. The molecule has 10 heteroatoms. The van der Waals surface area contributed by atoms with Crippen molar-refractivity contribution in [1.29, 1.82) is 5.26 Å². The van der Waals surface area contributed by atoms with Gasteiger partial charge in [0.1, 0.15) is 6.07 Å². The monoisotopic (exact) mass is 478 g/mol. The number of nitrogens with two attached hydrogens (primary N) is 1. The number of aromatic nitrogens is 5. The third kappa shape index (κ3) is 5.76. The first-order valence-corrected chi connectivity index (χ1v) is 11.9. The van der Waals surface area contributed by atoms with E-state index in [0.717, 1.165) is 37.8 Å². The molecule has 1 aromatic carbocycles. The van der Waals surface area contributed by atoms with Crippen LogP contribution in [0.4, 0.5) is 0 Å². The summed E-state index contributed by atoms with van der Waals surface area (Å²) < 4.78 is 1.57. The number of hydrogen-bond acceptors (Lipinski definition) is 7. The molecule has 0 radical (unpaired) electrons. The predicted molar refractivity (Wildman–Crippen MR) is 127 cm³/mol. The van der Waals surface area contributed by atoms with Gasteiger partial charge in [0.2, 0.25) is 5.91 Å². The molecule has 9 nitrogen and oxygen atoms in total. The Kier molecular flexibility index (Phi) is 7.83. The molecule has 0 spiro atoms. The van der Waals surface area contributed by atoms with Crippen LogP contribution in [0.3, 0.4) is 0 Å². The fourth-order valence-corrected chi connectivity index (χ4v) is 4.64. The number of tetrazole rings is 1. The molecular formula is C24H27ClN8O. The fraction of sp³-hybridized carbons (Fsp3) is 0.417. The van der Waals surface area contributed by atoms with Crippen molar-refractivity contribution in [3.05, 3.63) is 64.1 Å². The molecule has 2 N–H and O–H groups in total. The first-order valence-electron chi connectivity index (χ1n) is 11.5. The average molecular weight is 479 g/mol. The molecule has 1 aliphatic carbocycles. The minimum Gasteiger partial charge on any atom is -0.366 e. The minimum absolute atomic E-state index is 0.142. The Morgan fingerprint density at radius 2 is 2.06 bits per heavy atom. The van der Waals surface area contributed by atoms with E-state index in [4.69, 9.17) is 17.3 Å². The van der Waals surface area contributed by atoms with Gasteiger partial charge in [-0.25, -0.2) is 4.98 Å². The zero-order valence-corrected chi connectivity index (χ0v) is 19.7. The lowest BCUT2D eigenvalue weighted by Crippen LogP contribution is -2.38. The maximum Gasteiger partial charge on any atom is 0.248 e. The molecule has 4 rings (SSSR count). The van der Waals surface area contributed by atoms with E-state index in [0.29, 0.717) is 34.8 Å². The maximum absolute atomic E-state index is 11.5. The third-order valence-corrected chi connectivity index (χ3v) is 6.55. The molecule has 0 bridgehead atoms. The third-order valence-electron chi connectivity index (χ3n) is 6.25. The minimum atomic E-state index is -0.409. The molecule has 0 unspecified atom stereocenters. The summed E-state index contributed by atoms with van der Waals surface area (Å²) in [7, 11) is 0. The number of primary amides is 1. The summed E-state index contributed by atoms with van der Waals surface area (Å²) in [4.78, 5) is 18.2. The van der Waals surface area contributed by atoms with E-state index in [9.17, 15) is 10.1 Å². The number of carbonyl (C=O) groups excluding carboxylic acids is 1. The van der Waals surface area contributed by atoms with Gasteiger partial charge in [-0.3, -0.25) is 9.69 Å². The second kappa shape index (κ2) is 11.2. The summed E-state index contributed by atoms with van der Waals surface area (Å²) in [5.74, 6) is 0.723. The zero-order valence-electron chi connectivity index (χ0n) is 18.9. The SMILES string of the molecule is N#Cc1nc(-n2nnnc2CN(CCCc2cccc(C(N)=O)c2)C2CCCCC2)ccc1Cl. The van der Waals surface area contributed by atoms with Gasteiger partial charge in [-0.2, -0.15) is 9.94 Å². The maximum atomic E-state index is 11.5. The van der Waals surface area contributed by atoms with Crippen molar-refractivity contribution in [1.82, 2.24) is 30.1 Å². The molecule has 34 heavy (non-hydrogen) atoms. The molecule has 0 atom stereocenters. The highest BCUT2D eigenvalue weighted by atomic mass is 35.5. The highest BCUT2D eigenvalue weighted by Crippen LogP contribution is 2.25. The van der Waals surface area contributed by atoms with Crippen molar-refractivity contribution in [2.24, 2.45) is 5.73 Å². The van der Waals surface area contributed by atoms with Gasteiger partial charge < -0.3 is 5.73 Å².